The molecule has 0 amide bonds. The highest BCUT2D eigenvalue weighted by Crippen LogP contribution is 2.37. The number of anilines is 1. The standard InChI is InChI=1S/C20H26Cl2N4O3/c1-20(2,3)12-7-14(15(27)8-13(12)21)24-10-16-25-18(22)17(19(28)29-4)26(16)11-5-6-23-9-11/h7-8,11,23-24,27H,5-6,9-10H2,1-4H3/t11-/m1/s1. The molecule has 1 aromatic carbocycles. The Morgan fingerprint density at radius 2 is 2.14 bits per heavy atom. The highest BCUT2D eigenvalue weighted by atomic mass is 35.5. The number of aromatic nitrogens is 2. The lowest BCUT2D eigenvalue weighted by atomic mass is 9.86. The molecule has 0 spiro atoms. The summed E-state index contributed by atoms with van der Waals surface area (Å²) in [5.41, 5.74) is 1.51. The first-order valence-electron chi connectivity index (χ1n) is 9.46. The molecule has 0 aliphatic carbocycles. The van der Waals surface area contributed by atoms with Gasteiger partial charge in [0.25, 0.3) is 0 Å². The van der Waals surface area contributed by atoms with E-state index in [9.17, 15) is 9.90 Å². The lowest BCUT2D eigenvalue weighted by molar-refractivity contribution is 0.0586. The number of carbonyl (C=O) groups excluding carboxylic acids is 1. The quantitative estimate of drug-likeness (QED) is 0.478. The van der Waals surface area contributed by atoms with Crippen LogP contribution in [0.4, 0.5) is 5.69 Å². The number of hydrogen-bond donors (Lipinski definition) is 3. The van der Waals surface area contributed by atoms with Gasteiger partial charge in [0.2, 0.25) is 0 Å². The summed E-state index contributed by atoms with van der Waals surface area (Å²) in [5, 5.41) is 17.5. The molecule has 158 valence electrons. The van der Waals surface area contributed by atoms with Crippen LogP contribution in [0.5, 0.6) is 5.75 Å². The van der Waals surface area contributed by atoms with E-state index < -0.39 is 5.97 Å². The van der Waals surface area contributed by atoms with Crippen LogP contribution in [0.15, 0.2) is 12.1 Å². The Morgan fingerprint density at radius 1 is 1.41 bits per heavy atom. The van der Waals surface area contributed by atoms with Crippen LogP contribution in [0, 0.1) is 0 Å². The number of carbonyl (C=O) groups is 1. The molecule has 2 aromatic rings. The van der Waals surface area contributed by atoms with Gasteiger partial charge in [-0.25, -0.2) is 9.78 Å². The third-order valence-corrected chi connectivity index (χ3v) is 5.63. The molecule has 0 unspecified atom stereocenters. The lowest BCUT2D eigenvalue weighted by Gasteiger charge is -2.23. The molecular weight excluding hydrogens is 415 g/mol. The van der Waals surface area contributed by atoms with E-state index >= 15 is 0 Å². The zero-order valence-electron chi connectivity index (χ0n) is 17.0. The van der Waals surface area contributed by atoms with Gasteiger partial charge in [0.1, 0.15) is 11.6 Å². The average molecular weight is 441 g/mol. The second kappa shape index (κ2) is 8.42. The maximum atomic E-state index is 12.3. The summed E-state index contributed by atoms with van der Waals surface area (Å²) < 4.78 is 6.73. The summed E-state index contributed by atoms with van der Waals surface area (Å²) >= 11 is 12.6. The van der Waals surface area contributed by atoms with Crippen LogP contribution in [0.25, 0.3) is 0 Å². The van der Waals surface area contributed by atoms with E-state index in [-0.39, 0.29) is 34.6 Å². The number of halogens is 2. The zero-order valence-corrected chi connectivity index (χ0v) is 18.5. The van der Waals surface area contributed by atoms with Crippen LogP contribution >= 0.6 is 23.2 Å². The molecule has 0 bridgehead atoms. The van der Waals surface area contributed by atoms with Crippen molar-refractivity contribution >= 4 is 34.9 Å². The summed E-state index contributed by atoms with van der Waals surface area (Å²) in [7, 11) is 1.32. The zero-order chi connectivity index (χ0) is 21.3. The number of phenolic OH excluding ortho intramolecular Hbond substituents is 1. The first kappa shape index (κ1) is 21.7. The van der Waals surface area contributed by atoms with Crippen LogP contribution in [0.1, 0.15) is 55.1 Å². The number of hydrogen-bond acceptors (Lipinski definition) is 6. The number of methoxy groups -OCH3 is 1. The normalized spacial score (nSPS) is 16.8. The van der Waals surface area contributed by atoms with Crippen molar-refractivity contribution in [3.8, 4) is 5.75 Å². The van der Waals surface area contributed by atoms with Crippen LogP contribution in [0.3, 0.4) is 0 Å². The number of nitrogens with zero attached hydrogens (tertiary/aromatic N) is 2. The molecule has 2 heterocycles. The number of benzene rings is 1. The Balaban J connectivity index is 1.94. The van der Waals surface area contributed by atoms with Gasteiger partial charge in [-0.3, -0.25) is 0 Å². The largest absolute Gasteiger partial charge is 0.506 e. The van der Waals surface area contributed by atoms with Gasteiger partial charge in [-0.2, -0.15) is 0 Å². The van der Waals surface area contributed by atoms with Gasteiger partial charge in [-0.1, -0.05) is 44.0 Å². The molecule has 0 radical (unpaired) electrons. The monoisotopic (exact) mass is 440 g/mol. The molecular formula is C20H26Cl2N4O3. The Labute approximate surface area is 180 Å². The fraction of sp³-hybridized carbons (Fsp3) is 0.500. The molecule has 29 heavy (non-hydrogen) atoms. The minimum Gasteiger partial charge on any atom is -0.506 e. The summed E-state index contributed by atoms with van der Waals surface area (Å²) in [5.74, 6) is 0.115. The number of rotatable bonds is 5. The Kier molecular flexibility index (Phi) is 6.31. The second-order valence-corrected chi connectivity index (χ2v) is 8.89. The number of esters is 1. The van der Waals surface area contributed by atoms with Gasteiger partial charge in [-0.15, -0.1) is 0 Å². The summed E-state index contributed by atoms with van der Waals surface area (Å²) in [6, 6.07) is 3.42. The van der Waals surface area contributed by atoms with E-state index in [2.05, 4.69) is 36.4 Å². The Hall–Kier alpha value is -1.96. The molecule has 1 aromatic heterocycles. The van der Waals surface area contributed by atoms with Crippen molar-refractivity contribution in [2.75, 3.05) is 25.5 Å². The predicted octanol–water partition coefficient (Wildman–Crippen LogP) is 4.13. The van der Waals surface area contributed by atoms with Crippen LogP contribution in [0.2, 0.25) is 10.2 Å². The minimum absolute atomic E-state index is 0.0444. The summed E-state index contributed by atoms with van der Waals surface area (Å²) in [4.78, 5) is 16.7. The van der Waals surface area contributed by atoms with Gasteiger partial charge in [0.05, 0.1) is 19.3 Å². The SMILES string of the molecule is COC(=O)c1c(Cl)nc(CNc2cc(C(C)(C)C)c(Cl)cc2O)n1[C@@H]1CCNC1. The van der Waals surface area contributed by atoms with Gasteiger partial charge in [0, 0.05) is 23.7 Å². The van der Waals surface area contributed by atoms with Crippen molar-refractivity contribution < 1.29 is 14.6 Å². The van der Waals surface area contributed by atoms with Crippen LogP contribution in [-0.2, 0) is 16.7 Å². The van der Waals surface area contributed by atoms with Crippen molar-refractivity contribution in [2.24, 2.45) is 0 Å². The molecule has 0 saturated carbocycles. The van der Waals surface area contributed by atoms with Gasteiger partial charge < -0.3 is 25.0 Å². The third-order valence-electron chi connectivity index (χ3n) is 5.05. The molecule has 1 aliphatic rings. The van der Waals surface area contributed by atoms with Crippen molar-refractivity contribution in [1.29, 1.82) is 0 Å². The number of phenols is 1. The molecule has 1 atom stereocenters. The van der Waals surface area contributed by atoms with Gasteiger partial charge in [-0.05, 0) is 30.0 Å². The van der Waals surface area contributed by atoms with E-state index in [1.54, 1.807) is 0 Å². The topological polar surface area (TPSA) is 88.4 Å². The highest BCUT2D eigenvalue weighted by molar-refractivity contribution is 6.32. The molecule has 1 aliphatic heterocycles. The molecule has 3 rings (SSSR count). The van der Waals surface area contributed by atoms with Crippen LogP contribution < -0.4 is 10.6 Å². The third kappa shape index (κ3) is 4.47. The summed E-state index contributed by atoms with van der Waals surface area (Å²) in [6.07, 6.45) is 0.851. The molecule has 9 heteroatoms. The first-order chi connectivity index (χ1) is 13.6. The van der Waals surface area contributed by atoms with Crippen molar-refractivity contribution in [1.82, 2.24) is 14.9 Å². The van der Waals surface area contributed by atoms with Crippen molar-refractivity contribution in [2.45, 2.75) is 45.2 Å². The maximum absolute atomic E-state index is 12.3. The first-order valence-corrected chi connectivity index (χ1v) is 10.2. The van der Waals surface area contributed by atoms with E-state index in [4.69, 9.17) is 27.9 Å². The molecule has 7 nitrogen and oxygen atoms in total. The smallest absolute Gasteiger partial charge is 0.357 e. The maximum Gasteiger partial charge on any atom is 0.357 e. The summed E-state index contributed by atoms with van der Waals surface area (Å²) in [6.45, 7) is 7.99. The Morgan fingerprint density at radius 3 is 2.72 bits per heavy atom. The number of aromatic hydroxyl groups is 1. The van der Waals surface area contributed by atoms with Crippen LogP contribution in [-0.4, -0.2) is 40.8 Å². The van der Waals surface area contributed by atoms with E-state index in [0.717, 1.165) is 18.5 Å². The lowest BCUT2D eigenvalue weighted by Crippen LogP contribution is -2.22. The van der Waals surface area contributed by atoms with Gasteiger partial charge in [0.15, 0.2) is 10.8 Å². The number of ether oxygens (including phenoxy) is 1. The molecule has 1 fully saturated rings. The average Bonchev–Trinajstić information content (AvgIpc) is 3.26. The van der Waals surface area contributed by atoms with E-state index in [0.29, 0.717) is 23.1 Å². The Bertz CT molecular complexity index is 915. The van der Waals surface area contributed by atoms with Crippen molar-refractivity contribution in [3.63, 3.8) is 0 Å². The number of nitrogens with one attached hydrogen (secondary N) is 2. The minimum atomic E-state index is -0.523. The number of imidazole rings is 1. The molecule has 3 N–H and O–H groups in total. The highest BCUT2D eigenvalue weighted by Gasteiger charge is 2.29. The van der Waals surface area contributed by atoms with Crippen molar-refractivity contribution in [3.05, 3.63) is 39.4 Å². The van der Waals surface area contributed by atoms with E-state index in [1.165, 1.54) is 13.2 Å². The predicted molar refractivity (Wildman–Crippen MR) is 114 cm³/mol. The van der Waals surface area contributed by atoms with E-state index in [1.807, 2.05) is 10.6 Å². The molecule has 1 saturated heterocycles. The fourth-order valence-electron chi connectivity index (χ4n) is 3.56. The fourth-order valence-corrected chi connectivity index (χ4v) is 4.27. The van der Waals surface area contributed by atoms with Gasteiger partial charge >= 0.3 is 5.97 Å². The second-order valence-electron chi connectivity index (χ2n) is 8.13.